The van der Waals surface area contributed by atoms with Gasteiger partial charge in [-0.3, -0.25) is 4.79 Å². The average molecular weight is 293 g/mol. The number of amides is 1. The van der Waals surface area contributed by atoms with Crippen LogP contribution in [0.15, 0.2) is 15.9 Å². The summed E-state index contributed by atoms with van der Waals surface area (Å²) in [4.78, 5) is 12.3. The first kappa shape index (κ1) is 12.6. The number of hydrogen-bond acceptors (Lipinski definition) is 4. The summed E-state index contributed by atoms with van der Waals surface area (Å²) >= 11 is 4.96. The quantitative estimate of drug-likeness (QED) is 0.772. The van der Waals surface area contributed by atoms with Gasteiger partial charge in [-0.05, 0) is 28.1 Å². The van der Waals surface area contributed by atoms with Gasteiger partial charge in [0.1, 0.15) is 6.61 Å². The van der Waals surface area contributed by atoms with Gasteiger partial charge in [0.2, 0.25) is 5.91 Å². The number of carbonyl (C=O) groups is 1. The minimum atomic E-state index is -0.118. The van der Waals surface area contributed by atoms with Crippen LogP contribution in [0.25, 0.3) is 0 Å². The highest BCUT2D eigenvalue weighted by Gasteiger charge is 2.02. The van der Waals surface area contributed by atoms with Gasteiger partial charge in [0, 0.05) is 11.4 Å². The van der Waals surface area contributed by atoms with Crippen molar-refractivity contribution in [2.75, 3.05) is 19.8 Å². The number of halogens is 1. The lowest BCUT2D eigenvalue weighted by Crippen LogP contribution is -2.27. The normalized spacial score (nSPS) is 10.3. The molecule has 0 radical (unpaired) electrons. The number of hydrogen-bond donors (Lipinski definition) is 2. The molecule has 1 amide bonds. The van der Waals surface area contributed by atoms with E-state index in [9.17, 15) is 4.79 Å². The molecule has 0 saturated heterocycles. The summed E-state index contributed by atoms with van der Waals surface area (Å²) in [6.07, 6.45) is 0. The first-order chi connectivity index (χ1) is 7.22. The van der Waals surface area contributed by atoms with Crippen molar-refractivity contribution in [1.82, 2.24) is 5.32 Å². The fourth-order valence-corrected chi connectivity index (χ4v) is 2.35. The highest BCUT2D eigenvalue weighted by atomic mass is 79.9. The first-order valence-corrected chi connectivity index (χ1v) is 6.12. The highest BCUT2D eigenvalue weighted by Crippen LogP contribution is 2.21. The van der Waals surface area contributed by atoms with Crippen molar-refractivity contribution < 1.29 is 9.53 Å². The van der Waals surface area contributed by atoms with Crippen LogP contribution in [0.1, 0.15) is 4.88 Å². The van der Waals surface area contributed by atoms with Gasteiger partial charge >= 0.3 is 0 Å². The van der Waals surface area contributed by atoms with Gasteiger partial charge in [-0.25, -0.2) is 0 Å². The second kappa shape index (κ2) is 6.95. The SMILES string of the molecule is NCCOCC(=O)NCc1ccc(Br)s1. The van der Waals surface area contributed by atoms with E-state index in [1.165, 1.54) is 0 Å². The van der Waals surface area contributed by atoms with E-state index in [0.717, 1.165) is 8.66 Å². The van der Waals surface area contributed by atoms with Crippen LogP contribution < -0.4 is 11.1 Å². The third kappa shape index (κ3) is 5.27. The van der Waals surface area contributed by atoms with Crippen molar-refractivity contribution in [3.63, 3.8) is 0 Å². The third-order valence-electron chi connectivity index (χ3n) is 1.58. The Bertz CT molecular complexity index is 317. The Morgan fingerprint density at radius 2 is 2.40 bits per heavy atom. The summed E-state index contributed by atoms with van der Waals surface area (Å²) in [6, 6.07) is 3.92. The van der Waals surface area contributed by atoms with Gasteiger partial charge in [0.15, 0.2) is 0 Å². The molecule has 15 heavy (non-hydrogen) atoms. The molecule has 0 saturated carbocycles. The molecule has 0 aliphatic carbocycles. The van der Waals surface area contributed by atoms with E-state index in [2.05, 4.69) is 21.2 Å². The van der Waals surface area contributed by atoms with Crippen molar-refractivity contribution in [1.29, 1.82) is 0 Å². The molecule has 1 aromatic heterocycles. The molecule has 0 unspecified atom stereocenters. The van der Waals surface area contributed by atoms with Crippen LogP contribution >= 0.6 is 27.3 Å². The molecular formula is C9H13BrN2O2S. The maximum Gasteiger partial charge on any atom is 0.246 e. The Morgan fingerprint density at radius 3 is 3.00 bits per heavy atom. The molecular weight excluding hydrogens is 280 g/mol. The molecule has 4 nitrogen and oxygen atoms in total. The molecule has 0 atom stereocenters. The zero-order valence-electron chi connectivity index (χ0n) is 8.16. The molecule has 3 N–H and O–H groups in total. The molecule has 0 aromatic carbocycles. The average Bonchev–Trinajstić information content (AvgIpc) is 2.62. The van der Waals surface area contributed by atoms with Crippen molar-refractivity contribution in [3.8, 4) is 0 Å². The zero-order chi connectivity index (χ0) is 11.1. The van der Waals surface area contributed by atoms with Crippen molar-refractivity contribution >= 4 is 33.2 Å². The van der Waals surface area contributed by atoms with Crippen LogP contribution in [-0.2, 0) is 16.1 Å². The lowest BCUT2D eigenvalue weighted by atomic mass is 10.4. The first-order valence-electron chi connectivity index (χ1n) is 4.51. The Balaban J connectivity index is 2.16. The largest absolute Gasteiger partial charge is 0.370 e. The van der Waals surface area contributed by atoms with E-state index in [-0.39, 0.29) is 12.5 Å². The maximum atomic E-state index is 11.2. The fraction of sp³-hybridized carbons (Fsp3) is 0.444. The maximum absolute atomic E-state index is 11.2. The minimum absolute atomic E-state index is 0.0732. The third-order valence-corrected chi connectivity index (χ3v) is 3.21. The lowest BCUT2D eigenvalue weighted by Gasteiger charge is -2.03. The fourth-order valence-electron chi connectivity index (χ4n) is 0.932. The number of carbonyl (C=O) groups excluding carboxylic acids is 1. The molecule has 6 heteroatoms. The van der Waals surface area contributed by atoms with E-state index >= 15 is 0 Å². The van der Waals surface area contributed by atoms with Crippen LogP contribution in [0.3, 0.4) is 0 Å². The highest BCUT2D eigenvalue weighted by molar-refractivity contribution is 9.11. The van der Waals surface area contributed by atoms with E-state index in [1.54, 1.807) is 11.3 Å². The second-order valence-electron chi connectivity index (χ2n) is 2.82. The number of rotatable bonds is 6. The Kier molecular flexibility index (Phi) is 5.85. The van der Waals surface area contributed by atoms with Crippen molar-refractivity contribution in [3.05, 3.63) is 20.8 Å². The summed E-state index contributed by atoms with van der Waals surface area (Å²) in [5.41, 5.74) is 5.22. The van der Waals surface area contributed by atoms with Crippen molar-refractivity contribution in [2.45, 2.75) is 6.54 Å². The van der Waals surface area contributed by atoms with Gasteiger partial charge in [0.05, 0.1) is 16.9 Å². The van der Waals surface area contributed by atoms with E-state index in [4.69, 9.17) is 10.5 Å². The summed E-state index contributed by atoms with van der Waals surface area (Å²) in [7, 11) is 0. The monoisotopic (exact) mass is 292 g/mol. The predicted octanol–water partition coefficient (Wildman–Crippen LogP) is 1.10. The molecule has 1 rings (SSSR count). The predicted molar refractivity (Wildman–Crippen MR) is 63.7 cm³/mol. The van der Waals surface area contributed by atoms with Gasteiger partial charge in [-0.1, -0.05) is 0 Å². The van der Waals surface area contributed by atoms with Crippen LogP contribution in [0.5, 0.6) is 0 Å². The van der Waals surface area contributed by atoms with Gasteiger partial charge < -0.3 is 15.8 Å². The minimum Gasteiger partial charge on any atom is -0.370 e. The summed E-state index contributed by atoms with van der Waals surface area (Å²) < 4.78 is 6.06. The number of thiophene rings is 1. The number of nitrogens with one attached hydrogen (secondary N) is 1. The molecule has 0 aliphatic rings. The standard InChI is InChI=1S/C9H13BrN2O2S/c10-8-2-1-7(15-8)5-12-9(13)6-14-4-3-11/h1-2H,3-6,11H2,(H,12,13). The number of ether oxygens (including phenoxy) is 1. The van der Waals surface area contributed by atoms with Crippen molar-refractivity contribution in [2.24, 2.45) is 5.73 Å². The topological polar surface area (TPSA) is 64.3 Å². The van der Waals surface area contributed by atoms with Crippen LogP contribution in [0, 0.1) is 0 Å². The molecule has 0 bridgehead atoms. The lowest BCUT2D eigenvalue weighted by molar-refractivity contribution is -0.125. The van der Waals surface area contributed by atoms with Crippen LogP contribution in [0.4, 0.5) is 0 Å². The molecule has 0 fully saturated rings. The number of nitrogens with two attached hydrogens (primary N) is 1. The molecule has 0 aliphatic heterocycles. The Morgan fingerprint density at radius 1 is 1.60 bits per heavy atom. The molecule has 84 valence electrons. The molecule has 1 aromatic rings. The van der Waals surface area contributed by atoms with E-state index in [0.29, 0.717) is 19.7 Å². The smallest absolute Gasteiger partial charge is 0.246 e. The molecule has 0 spiro atoms. The Labute approximate surface area is 101 Å². The van der Waals surface area contributed by atoms with Gasteiger partial charge in [0.25, 0.3) is 0 Å². The summed E-state index contributed by atoms with van der Waals surface area (Å²) in [5, 5.41) is 2.76. The van der Waals surface area contributed by atoms with E-state index in [1.807, 2.05) is 12.1 Å². The molecule has 1 heterocycles. The van der Waals surface area contributed by atoms with Gasteiger partial charge in [-0.2, -0.15) is 0 Å². The Hall–Kier alpha value is -0.430. The van der Waals surface area contributed by atoms with Crippen LogP contribution in [-0.4, -0.2) is 25.7 Å². The second-order valence-corrected chi connectivity index (χ2v) is 5.37. The van der Waals surface area contributed by atoms with E-state index < -0.39 is 0 Å². The summed E-state index contributed by atoms with van der Waals surface area (Å²) in [6.45, 7) is 1.47. The van der Waals surface area contributed by atoms with Crippen LogP contribution in [0.2, 0.25) is 0 Å². The zero-order valence-corrected chi connectivity index (χ0v) is 10.6. The van der Waals surface area contributed by atoms with Gasteiger partial charge in [-0.15, -0.1) is 11.3 Å². The summed E-state index contributed by atoms with van der Waals surface area (Å²) in [5.74, 6) is -0.118.